The minimum absolute atomic E-state index is 0.0519. The van der Waals surface area contributed by atoms with Gasteiger partial charge in [0.1, 0.15) is 25.1 Å². The third-order valence-electron chi connectivity index (χ3n) is 3.35. The zero-order valence-corrected chi connectivity index (χ0v) is 12.9. The van der Waals surface area contributed by atoms with Crippen LogP contribution in [0.3, 0.4) is 0 Å². The Morgan fingerprint density at radius 1 is 1.08 bits per heavy atom. The Kier molecular flexibility index (Phi) is 6.31. The Morgan fingerprint density at radius 2 is 1.75 bits per heavy atom. The Morgan fingerprint density at radius 3 is 2.33 bits per heavy atom. The molecule has 2 aromatic carbocycles. The van der Waals surface area contributed by atoms with Crippen LogP contribution in [0.4, 0.5) is 4.39 Å². The Hall–Kier alpha value is -2.89. The standard InChI is InChI=1S/C18H18FNO4/c19-10-11-24-15-8-6-14(7-9-15)17(21)20-16(18(22)23)12-13-4-2-1-3-5-13/h1-9,16H,10-12H2,(H,20,21)(H,22,23). The fourth-order valence-electron chi connectivity index (χ4n) is 2.15. The summed E-state index contributed by atoms with van der Waals surface area (Å²) >= 11 is 0. The fraction of sp³-hybridized carbons (Fsp3) is 0.222. The van der Waals surface area contributed by atoms with Crippen LogP contribution in [0, 0.1) is 0 Å². The lowest BCUT2D eigenvalue weighted by atomic mass is 10.1. The van der Waals surface area contributed by atoms with E-state index < -0.39 is 24.6 Å². The summed E-state index contributed by atoms with van der Waals surface area (Å²) in [5.74, 6) is -1.14. The fourth-order valence-corrected chi connectivity index (χ4v) is 2.15. The molecule has 0 heterocycles. The number of carboxylic acid groups (broad SMARTS) is 1. The normalized spacial score (nSPS) is 11.5. The molecule has 0 aliphatic heterocycles. The molecule has 126 valence electrons. The summed E-state index contributed by atoms with van der Waals surface area (Å²) in [7, 11) is 0. The Balaban J connectivity index is 2.01. The molecular weight excluding hydrogens is 313 g/mol. The molecule has 5 nitrogen and oxygen atoms in total. The van der Waals surface area contributed by atoms with E-state index in [1.807, 2.05) is 18.2 Å². The van der Waals surface area contributed by atoms with Crippen LogP contribution >= 0.6 is 0 Å². The first-order valence-electron chi connectivity index (χ1n) is 7.46. The molecule has 2 aromatic rings. The number of carbonyl (C=O) groups is 2. The summed E-state index contributed by atoms with van der Waals surface area (Å²) in [6.07, 6.45) is 0.194. The first-order valence-corrected chi connectivity index (χ1v) is 7.46. The molecule has 0 aromatic heterocycles. The van der Waals surface area contributed by atoms with E-state index in [1.165, 1.54) is 24.3 Å². The van der Waals surface area contributed by atoms with Gasteiger partial charge in [-0.05, 0) is 29.8 Å². The molecule has 1 amide bonds. The van der Waals surface area contributed by atoms with Crippen molar-refractivity contribution in [1.29, 1.82) is 0 Å². The highest BCUT2D eigenvalue weighted by Crippen LogP contribution is 2.13. The second-order valence-corrected chi connectivity index (χ2v) is 5.12. The number of aliphatic carboxylic acids is 1. The summed E-state index contributed by atoms with van der Waals surface area (Å²) in [6.45, 7) is -0.647. The summed E-state index contributed by atoms with van der Waals surface area (Å²) in [4.78, 5) is 23.6. The topological polar surface area (TPSA) is 75.6 Å². The highest BCUT2D eigenvalue weighted by Gasteiger charge is 2.21. The van der Waals surface area contributed by atoms with Gasteiger partial charge in [0.05, 0.1) is 0 Å². The van der Waals surface area contributed by atoms with Crippen LogP contribution in [0.25, 0.3) is 0 Å². The van der Waals surface area contributed by atoms with Gasteiger partial charge >= 0.3 is 5.97 Å². The predicted octanol–water partition coefficient (Wildman–Crippen LogP) is 2.46. The number of nitrogens with one attached hydrogen (secondary N) is 1. The van der Waals surface area contributed by atoms with Gasteiger partial charge in [0.2, 0.25) is 0 Å². The molecule has 1 atom stereocenters. The number of halogens is 1. The van der Waals surface area contributed by atoms with E-state index in [0.29, 0.717) is 11.3 Å². The van der Waals surface area contributed by atoms with Crippen LogP contribution in [0.2, 0.25) is 0 Å². The maximum absolute atomic E-state index is 12.2. The van der Waals surface area contributed by atoms with Crippen molar-refractivity contribution >= 4 is 11.9 Å². The average Bonchev–Trinajstić information content (AvgIpc) is 2.60. The molecule has 24 heavy (non-hydrogen) atoms. The predicted molar refractivity (Wildman–Crippen MR) is 86.9 cm³/mol. The van der Waals surface area contributed by atoms with Crippen molar-refractivity contribution in [3.05, 3.63) is 65.7 Å². The SMILES string of the molecule is O=C(NC(Cc1ccccc1)C(=O)O)c1ccc(OCCF)cc1. The molecule has 6 heteroatoms. The van der Waals surface area contributed by atoms with Crippen LogP contribution < -0.4 is 10.1 Å². The monoisotopic (exact) mass is 331 g/mol. The lowest BCUT2D eigenvalue weighted by molar-refractivity contribution is -0.139. The van der Waals surface area contributed by atoms with Crippen LogP contribution in [0.5, 0.6) is 5.75 Å². The minimum atomic E-state index is -1.10. The first kappa shape index (κ1) is 17.5. The van der Waals surface area contributed by atoms with Gasteiger partial charge in [-0.1, -0.05) is 30.3 Å². The third-order valence-corrected chi connectivity index (χ3v) is 3.35. The molecule has 0 aliphatic carbocycles. The molecule has 0 fully saturated rings. The van der Waals surface area contributed by atoms with Crippen LogP contribution in [-0.2, 0) is 11.2 Å². The lowest BCUT2D eigenvalue weighted by Crippen LogP contribution is -2.42. The number of hydrogen-bond donors (Lipinski definition) is 2. The molecule has 0 saturated heterocycles. The second kappa shape index (κ2) is 8.67. The smallest absolute Gasteiger partial charge is 0.326 e. The number of hydrogen-bond acceptors (Lipinski definition) is 3. The van der Waals surface area contributed by atoms with E-state index in [2.05, 4.69) is 5.32 Å². The molecule has 0 aliphatic rings. The molecule has 0 saturated carbocycles. The molecule has 0 radical (unpaired) electrons. The zero-order valence-electron chi connectivity index (χ0n) is 12.9. The van der Waals surface area contributed by atoms with Crippen molar-refractivity contribution in [2.24, 2.45) is 0 Å². The first-order chi connectivity index (χ1) is 11.6. The van der Waals surface area contributed by atoms with Crippen LogP contribution in [0.15, 0.2) is 54.6 Å². The molecular formula is C18H18FNO4. The number of benzene rings is 2. The Labute approximate surface area is 139 Å². The molecule has 0 spiro atoms. The molecule has 1 unspecified atom stereocenters. The van der Waals surface area contributed by atoms with E-state index >= 15 is 0 Å². The van der Waals surface area contributed by atoms with Crippen molar-refractivity contribution in [2.75, 3.05) is 13.3 Å². The largest absolute Gasteiger partial charge is 0.491 e. The third kappa shape index (κ3) is 5.08. The van der Waals surface area contributed by atoms with E-state index in [-0.39, 0.29) is 13.0 Å². The maximum Gasteiger partial charge on any atom is 0.326 e. The summed E-state index contributed by atoms with van der Waals surface area (Å²) in [6, 6.07) is 14.1. The highest BCUT2D eigenvalue weighted by atomic mass is 19.1. The number of amides is 1. The second-order valence-electron chi connectivity index (χ2n) is 5.12. The summed E-state index contributed by atoms with van der Waals surface area (Å²) in [5.41, 5.74) is 1.13. The number of carboxylic acids is 1. The number of rotatable bonds is 8. The van der Waals surface area contributed by atoms with Crippen molar-refractivity contribution in [2.45, 2.75) is 12.5 Å². The highest BCUT2D eigenvalue weighted by molar-refractivity contribution is 5.96. The van der Waals surface area contributed by atoms with Gasteiger partial charge in [-0.15, -0.1) is 0 Å². The molecule has 2 N–H and O–H groups in total. The van der Waals surface area contributed by atoms with Gasteiger partial charge in [0, 0.05) is 12.0 Å². The van der Waals surface area contributed by atoms with Gasteiger partial charge in [0.15, 0.2) is 0 Å². The molecule has 0 bridgehead atoms. The van der Waals surface area contributed by atoms with Crippen molar-refractivity contribution in [3.63, 3.8) is 0 Å². The minimum Gasteiger partial charge on any atom is -0.491 e. The number of alkyl halides is 1. The van der Waals surface area contributed by atoms with Crippen molar-refractivity contribution < 1.29 is 23.8 Å². The van der Waals surface area contributed by atoms with Crippen LogP contribution in [-0.4, -0.2) is 36.3 Å². The van der Waals surface area contributed by atoms with Gasteiger partial charge in [0.25, 0.3) is 5.91 Å². The average molecular weight is 331 g/mol. The van der Waals surface area contributed by atoms with Crippen molar-refractivity contribution in [3.8, 4) is 5.75 Å². The Bertz CT molecular complexity index is 673. The summed E-state index contributed by atoms with van der Waals surface area (Å²) in [5, 5.41) is 11.8. The number of ether oxygens (including phenoxy) is 1. The number of carbonyl (C=O) groups excluding carboxylic acids is 1. The van der Waals surface area contributed by atoms with Gasteiger partial charge < -0.3 is 15.2 Å². The quantitative estimate of drug-likeness (QED) is 0.779. The van der Waals surface area contributed by atoms with E-state index in [0.717, 1.165) is 5.56 Å². The summed E-state index contributed by atoms with van der Waals surface area (Å²) < 4.78 is 17.1. The van der Waals surface area contributed by atoms with Crippen LogP contribution in [0.1, 0.15) is 15.9 Å². The van der Waals surface area contributed by atoms with E-state index in [9.17, 15) is 19.1 Å². The zero-order chi connectivity index (χ0) is 17.4. The van der Waals surface area contributed by atoms with E-state index in [4.69, 9.17) is 4.74 Å². The van der Waals surface area contributed by atoms with Gasteiger partial charge in [-0.3, -0.25) is 4.79 Å². The van der Waals surface area contributed by atoms with Crippen molar-refractivity contribution in [1.82, 2.24) is 5.32 Å². The van der Waals surface area contributed by atoms with Gasteiger partial charge in [-0.25, -0.2) is 9.18 Å². The molecule has 2 rings (SSSR count). The van der Waals surface area contributed by atoms with E-state index in [1.54, 1.807) is 12.1 Å². The van der Waals surface area contributed by atoms with Gasteiger partial charge in [-0.2, -0.15) is 0 Å². The lowest BCUT2D eigenvalue weighted by Gasteiger charge is -2.15. The maximum atomic E-state index is 12.2.